The Labute approximate surface area is 124 Å². The molecule has 21 heavy (non-hydrogen) atoms. The third-order valence-electron chi connectivity index (χ3n) is 5.14. The van der Waals surface area contributed by atoms with Crippen LogP contribution in [0.2, 0.25) is 0 Å². The predicted molar refractivity (Wildman–Crippen MR) is 83.3 cm³/mol. The van der Waals surface area contributed by atoms with Crippen LogP contribution in [0.25, 0.3) is 0 Å². The zero-order valence-electron chi connectivity index (χ0n) is 12.6. The number of nitrogen functional groups attached to an aromatic ring is 1. The minimum absolute atomic E-state index is 0.209. The molecule has 2 N–H and O–H groups in total. The van der Waals surface area contributed by atoms with Gasteiger partial charge in [-0.2, -0.15) is 0 Å². The average Bonchev–Trinajstić information content (AvgIpc) is 3.13. The van der Waals surface area contributed by atoms with Crippen molar-refractivity contribution in [3.63, 3.8) is 0 Å². The van der Waals surface area contributed by atoms with E-state index in [0.717, 1.165) is 25.7 Å². The highest BCUT2D eigenvalue weighted by atomic mass is 16.2. The van der Waals surface area contributed by atoms with Crippen LogP contribution in [0.3, 0.4) is 0 Å². The van der Waals surface area contributed by atoms with E-state index in [2.05, 4.69) is 0 Å². The molecule has 0 aliphatic heterocycles. The van der Waals surface area contributed by atoms with Crippen molar-refractivity contribution in [1.82, 2.24) is 9.13 Å². The quantitative estimate of drug-likeness (QED) is 0.922. The first-order chi connectivity index (χ1) is 10.1. The molecule has 3 rings (SSSR count). The molecule has 1 aromatic rings. The summed E-state index contributed by atoms with van der Waals surface area (Å²) in [4.78, 5) is 24.7. The third-order valence-corrected chi connectivity index (χ3v) is 5.14. The van der Waals surface area contributed by atoms with Gasteiger partial charge in [-0.15, -0.1) is 0 Å². The molecule has 0 atom stereocenters. The topological polar surface area (TPSA) is 70.0 Å². The van der Waals surface area contributed by atoms with E-state index in [1.807, 2.05) is 0 Å². The Balaban J connectivity index is 1.88. The zero-order chi connectivity index (χ0) is 14.8. The summed E-state index contributed by atoms with van der Waals surface area (Å²) >= 11 is 0. The van der Waals surface area contributed by atoms with Crippen LogP contribution in [-0.4, -0.2) is 9.13 Å². The fraction of sp³-hybridized carbons (Fsp3) is 0.750. The minimum Gasteiger partial charge on any atom is -0.385 e. The smallest absolute Gasteiger partial charge is 0.332 e. The summed E-state index contributed by atoms with van der Waals surface area (Å²) in [6, 6.07) is 1.42. The van der Waals surface area contributed by atoms with Gasteiger partial charge in [-0.1, -0.05) is 25.7 Å². The molecule has 5 nitrogen and oxygen atoms in total. The van der Waals surface area contributed by atoms with E-state index in [9.17, 15) is 9.59 Å². The highest BCUT2D eigenvalue weighted by Gasteiger charge is 2.21. The molecular weight excluding hydrogens is 266 g/mol. The van der Waals surface area contributed by atoms with Gasteiger partial charge in [0.15, 0.2) is 0 Å². The highest BCUT2D eigenvalue weighted by molar-refractivity contribution is 5.26. The number of anilines is 1. The first kappa shape index (κ1) is 14.4. The third kappa shape index (κ3) is 3.06. The first-order valence-corrected chi connectivity index (χ1v) is 8.25. The zero-order valence-corrected chi connectivity index (χ0v) is 12.6. The summed E-state index contributed by atoms with van der Waals surface area (Å²) in [5.74, 6) is 1.32. The van der Waals surface area contributed by atoms with Gasteiger partial charge in [-0.05, 0) is 37.5 Å². The molecule has 0 aromatic carbocycles. The van der Waals surface area contributed by atoms with Crippen LogP contribution in [0.5, 0.6) is 0 Å². The molecular formula is C16H25N3O2. The summed E-state index contributed by atoms with van der Waals surface area (Å²) < 4.78 is 3.02. The first-order valence-electron chi connectivity index (χ1n) is 8.25. The van der Waals surface area contributed by atoms with E-state index in [4.69, 9.17) is 5.73 Å². The van der Waals surface area contributed by atoms with Crippen molar-refractivity contribution in [3.05, 3.63) is 26.9 Å². The Morgan fingerprint density at radius 2 is 1.38 bits per heavy atom. The van der Waals surface area contributed by atoms with Gasteiger partial charge in [0.25, 0.3) is 5.56 Å². The molecule has 2 fully saturated rings. The predicted octanol–water partition coefficient (Wildman–Crippen LogP) is 1.97. The van der Waals surface area contributed by atoms with E-state index in [-0.39, 0.29) is 11.2 Å². The molecule has 0 saturated heterocycles. The van der Waals surface area contributed by atoms with Gasteiger partial charge in [0.2, 0.25) is 0 Å². The summed E-state index contributed by atoms with van der Waals surface area (Å²) in [5, 5.41) is 0. The monoisotopic (exact) mass is 291 g/mol. The van der Waals surface area contributed by atoms with Gasteiger partial charge < -0.3 is 5.73 Å². The molecule has 2 saturated carbocycles. The van der Waals surface area contributed by atoms with Crippen molar-refractivity contribution in [1.29, 1.82) is 0 Å². The molecule has 1 heterocycles. The van der Waals surface area contributed by atoms with Gasteiger partial charge in [0.1, 0.15) is 5.82 Å². The molecule has 2 aliphatic carbocycles. The minimum atomic E-state index is -0.243. The van der Waals surface area contributed by atoms with Crippen LogP contribution in [-0.2, 0) is 13.1 Å². The average molecular weight is 291 g/mol. The van der Waals surface area contributed by atoms with Crippen molar-refractivity contribution in [2.24, 2.45) is 11.8 Å². The van der Waals surface area contributed by atoms with Crippen LogP contribution in [0.4, 0.5) is 5.82 Å². The number of nitrogens with zero attached hydrogens (tertiary/aromatic N) is 2. The molecule has 0 radical (unpaired) electrons. The van der Waals surface area contributed by atoms with Crippen LogP contribution in [0, 0.1) is 11.8 Å². The lowest BCUT2D eigenvalue weighted by Gasteiger charge is -2.17. The van der Waals surface area contributed by atoms with Crippen molar-refractivity contribution < 1.29 is 0 Å². The second kappa shape index (κ2) is 6.08. The maximum absolute atomic E-state index is 12.6. The standard InChI is InChI=1S/C16H25N3O2/c17-14-9-15(20)19(11-13-7-3-4-8-13)16(21)18(14)10-12-5-1-2-6-12/h9,12-13H,1-8,10-11,17H2. The number of nitrogens with two attached hydrogens (primary N) is 1. The van der Waals surface area contributed by atoms with E-state index < -0.39 is 0 Å². The van der Waals surface area contributed by atoms with Gasteiger partial charge in [-0.25, -0.2) is 4.79 Å². The van der Waals surface area contributed by atoms with E-state index in [1.54, 1.807) is 4.57 Å². The van der Waals surface area contributed by atoms with Crippen molar-refractivity contribution in [2.45, 2.75) is 64.5 Å². The largest absolute Gasteiger partial charge is 0.385 e. The molecule has 2 aliphatic rings. The Morgan fingerprint density at radius 3 is 1.90 bits per heavy atom. The fourth-order valence-electron chi connectivity index (χ4n) is 3.89. The van der Waals surface area contributed by atoms with E-state index in [0.29, 0.717) is 30.7 Å². The number of hydrogen-bond acceptors (Lipinski definition) is 3. The summed E-state index contributed by atoms with van der Waals surface area (Å²) in [5.41, 5.74) is 5.47. The van der Waals surface area contributed by atoms with Crippen LogP contribution in [0.15, 0.2) is 15.7 Å². The summed E-state index contributed by atoms with van der Waals surface area (Å²) in [7, 11) is 0. The Kier molecular flexibility index (Phi) is 4.17. The summed E-state index contributed by atoms with van der Waals surface area (Å²) in [6.07, 6.45) is 9.47. The highest BCUT2D eigenvalue weighted by Crippen LogP contribution is 2.27. The molecule has 0 unspecified atom stereocenters. The maximum Gasteiger partial charge on any atom is 0.332 e. The summed E-state index contributed by atoms with van der Waals surface area (Å²) in [6.45, 7) is 1.22. The van der Waals surface area contributed by atoms with E-state index in [1.165, 1.54) is 36.3 Å². The molecule has 116 valence electrons. The maximum atomic E-state index is 12.6. The lowest BCUT2D eigenvalue weighted by Crippen LogP contribution is -2.42. The van der Waals surface area contributed by atoms with Gasteiger partial charge in [0.05, 0.1) is 0 Å². The fourth-order valence-corrected chi connectivity index (χ4v) is 3.89. The van der Waals surface area contributed by atoms with Crippen LogP contribution < -0.4 is 17.0 Å². The van der Waals surface area contributed by atoms with E-state index >= 15 is 0 Å². The van der Waals surface area contributed by atoms with Crippen LogP contribution >= 0.6 is 0 Å². The molecule has 0 amide bonds. The second-order valence-corrected chi connectivity index (χ2v) is 6.71. The number of rotatable bonds is 4. The molecule has 0 bridgehead atoms. The Morgan fingerprint density at radius 1 is 0.905 bits per heavy atom. The lowest BCUT2D eigenvalue weighted by molar-refractivity contribution is 0.399. The number of hydrogen-bond donors (Lipinski definition) is 1. The Bertz CT molecular complexity index is 605. The number of aromatic nitrogens is 2. The van der Waals surface area contributed by atoms with Gasteiger partial charge in [0, 0.05) is 19.2 Å². The lowest BCUT2D eigenvalue weighted by atomic mass is 10.1. The van der Waals surface area contributed by atoms with Gasteiger partial charge in [-0.3, -0.25) is 13.9 Å². The molecule has 0 spiro atoms. The van der Waals surface area contributed by atoms with Gasteiger partial charge >= 0.3 is 5.69 Å². The van der Waals surface area contributed by atoms with Crippen molar-refractivity contribution in [2.75, 3.05) is 5.73 Å². The molecule has 1 aromatic heterocycles. The SMILES string of the molecule is Nc1cc(=O)n(CC2CCCC2)c(=O)n1CC1CCCC1. The molecule has 5 heteroatoms. The van der Waals surface area contributed by atoms with Crippen LogP contribution in [0.1, 0.15) is 51.4 Å². The normalized spacial score (nSPS) is 20.4. The second-order valence-electron chi connectivity index (χ2n) is 6.71. The Hall–Kier alpha value is -1.52. The van der Waals surface area contributed by atoms with Crippen molar-refractivity contribution >= 4 is 5.82 Å². The van der Waals surface area contributed by atoms with Crippen molar-refractivity contribution in [3.8, 4) is 0 Å².